The molecule has 2 N–H and O–H groups in total. The molecule has 1 aromatic heterocycles. The molecule has 0 aliphatic rings. The Morgan fingerprint density at radius 1 is 1.12 bits per heavy atom. The molecule has 3 rings (SSSR count). The van der Waals surface area contributed by atoms with Crippen LogP contribution in [-0.2, 0) is 4.79 Å². The number of hydrogen-bond acceptors (Lipinski definition) is 4. The van der Waals surface area contributed by atoms with Crippen molar-refractivity contribution in [3.8, 4) is 5.75 Å². The zero-order chi connectivity index (χ0) is 17.6. The number of nitrogens with one attached hydrogen (secondary N) is 1. The lowest BCUT2D eigenvalue weighted by Crippen LogP contribution is -2.20. The predicted molar refractivity (Wildman–Crippen MR) is 101 cm³/mol. The maximum Gasteiger partial charge on any atom is 0.224 e. The number of phenolic OH excluding ortho intramolecular Hbond substituents is 1. The van der Waals surface area contributed by atoms with Crippen molar-refractivity contribution in [2.75, 3.05) is 23.8 Å². The molecule has 0 aliphatic heterocycles. The van der Waals surface area contributed by atoms with Gasteiger partial charge in [-0.1, -0.05) is 18.2 Å². The Kier molecular flexibility index (Phi) is 5.14. The van der Waals surface area contributed by atoms with Gasteiger partial charge in [0.25, 0.3) is 0 Å². The Morgan fingerprint density at radius 3 is 2.72 bits per heavy atom. The molecule has 0 bridgehead atoms. The summed E-state index contributed by atoms with van der Waals surface area (Å²) in [5.41, 5.74) is 2.30. The molecule has 0 radical (unpaired) electrons. The minimum atomic E-state index is -0.0442. The monoisotopic (exact) mass is 335 g/mol. The van der Waals surface area contributed by atoms with Gasteiger partial charge < -0.3 is 15.3 Å². The number of amides is 1. The van der Waals surface area contributed by atoms with Crippen molar-refractivity contribution < 1.29 is 9.90 Å². The SMILES string of the molecule is CN(CCCC(=O)Nc1ccc(O)c2ncccc12)c1ccccc1. The lowest BCUT2D eigenvalue weighted by atomic mass is 10.1. The van der Waals surface area contributed by atoms with E-state index in [1.807, 2.05) is 31.3 Å². The Labute approximate surface area is 146 Å². The molecule has 5 heteroatoms. The first-order valence-corrected chi connectivity index (χ1v) is 8.28. The van der Waals surface area contributed by atoms with Gasteiger partial charge in [0.15, 0.2) is 0 Å². The van der Waals surface area contributed by atoms with Crippen LogP contribution in [0.2, 0.25) is 0 Å². The van der Waals surface area contributed by atoms with Gasteiger partial charge in [-0.25, -0.2) is 0 Å². The summed E-state index contributed by atoms with van der Waals surface area (Å²) in [6.07, 6.45) is 2.80. The number of rotatable bonds is 6. The number of phenols is 1. The standard InChI is InChI=1S/C20H21N3O2/c1-23(15-7-3-2-4-8-15)14-6-10-19(25)22-17-11-12-18(24)20-16(17)9-5-13-21-20/h2-5,7-9,11-13,24H,6,10,14H2,1H3,(H,22,25). The zero-order valence-corrected chi connectivity index (χ0v) is 14.1. The van der Waals surface area contributed by atoms with E-state index in [1.54, 1.807) is 24.4 Å². The summed E-state index contributed by atoms with van der Waals surface area (Å²) in [5.74, 6) is 0.0652. The van der Waals surface area contributed by atoms with Crippen molar-refractivity contribution in [3.05, 3.63) is 60.8 Å². The number of aromatic nitrogens is 1. The highest BCUT2D eigenvalue weighted by Crippen LogP contribution is 2.28. The van der Waals surface area contributed by atoms with Crippen LogP contribution in [0.3, 0.4) is 0 Å². The van der Waals surface area contributed by atoms with Crippen LogP contribution >= 0.6 is 0 Å². The van der Waals surface area contributed by atoms with Gasteiger partial charge in [0.2, 0.25) is 5.91 Å². The van der Waals surface area contributed by atoms with Gasteiger partial charge in [0.1, 0.15) is 11.3 Å². The fourth-order valence-electron chi connectivity index (χ4n) is 2.77. The van der Waals surface area contributed by atoms with Crippen molar-refractivity contribution in [1.82, 2.24) is 4.98 Å². The van der Waals surface area contributed by atoms with Crippen LogP contribution in [0, 0.1) is 0 Å². The Bertz CT molecular complexity index is 865. The minimum Gasteiger partial charge on any atom is -0.506 e. The number of benzene rings is 2. The molecule has 0 aliphatic carbocycles. The van der Waals surface area contributed by atoms with Gasteiger partial charge in [-0.3, -0.25) is 9.78 Å². The fourth-order valence-corrected chi connectivity index (χ4v) is 2.77. The number of aromatic hydroxyl groups is 1. The van der Waals surface area contributed by atoms with Crippen LogP contribution < -0.4 is 10.2 Å². The number of fused-ring (bicyclic) bond motifs is 1. The van der Waals surface area contributed by atoms with E-state index in [0.29, 0.717) is 17.6 Å². The normalized spacial score (nSPS) is 10.6. The summed E-state index contributed by atoms with van der Waals surface area (Å²) in [6.45, 7) is 0.801. The highest BCUT2D eigenvalue weighted by molar-refractivity contribution is 6.02. The second-order valence-electron chi connectivity index (χ2n) is 5.94. The van der Waals surface area contributed by atoms with E-state index in [1.165, 1.54) is 0 Å². The molecule has 0 fully saturated rings. The first-order chi connectivity index (χ1) is 12.1. The number of para-hydroxylation sites is 1. The van der Waals surface area contributed by atoms with Crippen LogP contribution in [0.1, 0.15) is 12.8 Å². The molecule has 3 aromatic rings. The van der Waals surface area contributed by atoms with E-state index in [-0.39, 0.29) is 11.7 Å². The Hall–Kier alpha value is -3.08. The van der Waals surface area contributed by atoms with Crippen LogP contribution in [0.15, 0.2) is 60.8 Å². The van der Waals surface area contributed by atoms with Gasteiger partial charge in [-0.05, 0) is 42.8 Å². The van der Waals surface area contributed by atoms with E-state index in [0.717, 1.165) is 24.0 Å². The van der Waals surface area contributed by atoms with E-state index < -0.39 is 0 Å². The van der Waals surface area contributed by atoms with Gasteiger partial charge in [-0.15, -0.1) is 0 Å². The molecule has 0 unspecified atom stereocenters. The van der Waals surface area contributed by atoms with Crippen LogP contribution in [0.4, 0.5) is 11.4 Å². The molecule has 0 spiro atoms. The zero-order valence-electron chi connectivity index (χ0n) is 14.1. The summed E-state index contributed by atoms with van der Waals surface area (Å²) in [7, 11) is 2.02. The Balaban J connectivity index is 1.58. The van der Waals surface area contributed by atoms with Crippen molar-refractivity contribution in [3.63, 3.8) is 0 Å². The van der Waals surface area contributed by atoms with Crippen molar-refractivity contribution in [2.45, 2.75) is 12.8 Å². The third-order valence-corrected chi connectivity index (χ3v) is 4.12. The van der Waals surface area contributed by atoms with Crippen LogP contribution in [-0.4, -0.2) is 29.6 Å². The van der Waals surface area contributed by atoms with Crippen LogP contribution in [0.25, 0.3) is 10.9 Å². The van der Waals surface area contributed by atoms with Gasteiger partial charge in [-0.2, -0.15) is 0 Å². The summed E-state index contributed by atoms with van der Waals surface area (Å²) >= 11 is 0. The number of pyridine rings is 1. The smallest absolute Gasteiger partial charge is 0.224 e. The summed E-state index contributed by atoms with van der Waals surface area (Å²) in [6, 6.07) is 17.0. The Morgan fingerprint density at radius 2 is 1.92 bits per heavy atom. The number of anilines is 2. The van der Waals surface area contributed by atoms with Crippen LogP contribution in [0.5, 0.6) is 5.75 Å². The molecule has 25 heavy (non-hydrogen) atoms. The molecule has 1 amide bonds. The lowest BCUT2D eigenvalue weighted by Gasteiger charge is -2.19. The molecule has 1 heterocycles. The number of carbonyl (C=O) groups excluding carboxylic acids is 1. The second-order valence-corrected chi connectivity index (χ2v) is 5.94. The third-order valence-electron chi connectivity index (χ3n) is 4.12. The summed E-state index contributed by atoms with van der Waals surface area (Å²) in [4.78, 5) is 18.5. The summed E-state index contributed by atoms with van der Waals surface area (Å²) in [5, 5.41) is 13.5. The lowest BCUT2D eigenvalue weighted by molar-refractivity contribution is -0.116. The first kappa shape index (κ1) is 16.8. The molecule has 128 valence electrons. The topological polar surface area (TPSA) is 65.5 Å². The quantitative estimate of drug-likeness (QED) is 0.673. The van der Waals surface area contributed by atoms with Gasteiger partial charge in [0.05, 0.1) is 5.69 Å². The van der Waals surface area contributed by atoms with E-state index >= 15 is 0 Å². The van der Waals surface area contributed by atoms with E-state index in [2.05, 4.69) is 27.3 Å². The molecule has 0 saturated heterocycles. The average Bonchev–Trinajstić information content (AvgIpc) is 2.65. The minimum absolute atomic E-state index is 0.0442. The van der Waals surface area contributed by atoms with Crippen molar-refractivity contribution >= 4 is 28.2 Å². The van der Waals surface area contributed by atoms with Gasteiger partial charge in [0, 0.05) is 37.3 Å². The average molecular weight is 335 g/mol. The molecule has 2 aromatic carbocycles. The van der Waals surface area contributed by atoms with Gasteiger partial charge >= 0.3 is 0 Å². The molecular weight excluding hydrogens is 314 g/mol. The summed E-state index contributed by atoms with van der Waals surface area (Å²) < 4.78 is 0. The molecular formula is C20H21N3O2. The highest BCUT2D eigenvalue weighted by Gasteiger charge is 2.09. The highest BCUT2D eigenvalue weighted by atomic mass is 16.3. The van der Waals surface area contributed by atoms with E-state index in [9.17, 15) is 9.90 Å². The second kappa shape index (κ2) is 7.66. The third kappa shape index (κ3) is 4.07. The first-order valence-electron chi connectivity index (χ1n) is 8.28. The number of carbonyl (C=O) groups is 1. The maximum absolute atomic E-state index is 12.2. The van der Waals surface area contributed by atoms with E-state index in [4.69, 9.17) is 0 Å². The molecule has 0 atom stereocenters. The largest absolute Gasteiger partial charge is 0.506 e. The number of hydrogen-bond donors (Lipinski definition) is 2. The maximum atomic E-state index is 12.2. The number of nitrogens with zero attached hydrogens (tertiary/aromatic N) is 2. The van der Waals surface area contributed by atoms with Crippen molar-refractivity contribution in [2.24, 2.45) is 0 Å². The predicted octanol–water partition coefficient (Wildman–Crippen LogP) is 3.80. The molecule has 5 nitrogen and oxygen atoms in total. The fraction of sp³-hybridized carbons (Fsp3) is 0.200. The van der Waals surface area contributed by atoms with Crippen molar-refractivity contribution in [1.29, 1.82) is 0 Å². The molecule has 0 saturated carbocycles.